The summed E-state index contributed by atoms with van der Waals surface area (Å²) in [5, 5.41) is 0. The Hall–Kier alpha value is -2.48. The number of aromatic nitrogens is 1. The van der Waals surface area contributed by atoms with Gasteiger partial charge in [-0.05, 0) is 41.3 Å². The van der Waals surface area contributed by atoms with E-state index in [0.29, 0.717) is 0 Å². The second-order valence-electron chi connectivity index (χ2n) is 5.39. The minimum absolute atomic E-state index is 0.211. The fourth-order valence-electron chi connectivity index (χ4n) is 2.51. The average Bonchev–Trinajstić information content (AvgIpc) is 2.57. The van der Waals surface area contributed by atoms with E-state index in [0.717, 1.165) is 35.2 Å². The van der Waals surface area contributed by atoms with Gasteiger partial charge in [0, 0.05) is 11.8 Å². The molecular weight excluding hydrogens is 273 g/mol. The first-order valence-corrected chi connectivity index (χ1v) is 7.57. The van der Waals surface area contributed by atoms with Crippen molar-refractivity contribution < 1.29 is 4.39 Å². The minimum atomic E-state index is -0.211. The Morgan fingerprint density at radius 1 is 0.773 bits per heavy atom. The maximum atomic E-state index is 13.0. The molecule has 0 saturated carbocycles. The molecule has 3 rings (SSSR count). The molecule has 0 fully saturated rings. The fourth-order valence-corrected chi connectivity index (χ4v) is 2.51. The maximum absolute atomic E-state index is 13.0. The minimum Gasteiger partial charge on any atom is -0.256 e. The van der Waals surface area contributed by atoms with Crippen molar-refractivity contribution in [3.63, 3.8) is 0 Å². The normalized spacial score (nSPS) is 10.6. The van der Waals surface area contributed by atoms with Crippen LogP contribution in [0, 0.1) is 5.82 Å². The third-order valence-corrected chi connectivity index (χ3v) is 3.72. The Kier molecular flexibility index (Phi) is 4.29. The Bertz CT molecular complexity index is 728. The molecule has 3 aromatic rings. The van der Waals surface area contributed by atoms with Crippen LogP contribution in [-0.2, 0) is 6.42 Å². The number of hydrogen-bond acceptors (Lipinski definition) is 1. The topological polar surface area (TPSA) is 12.9 Å². The molecule has 0 N–H and O–H groups in total. The van der Waals surface area contributed by atoms with Crippen molar-refractivity contribution >= 4 is 0 Å². The molecule has 1 nitrogen and oxygen atoms in total. The second-order valence-corrected chi connectivity index (χ2v) is 5.39. The van der Waals surface area contributed by atoms with E-state index < -0.39 is 0 Å². The summed E-state index contributed by atoms with van der Waals surface area (Å²) >= 11 is 0. The first kappa shape index (κ1) is 14.5. The number of rotatable bonds is 4. The predicted octanol–water partition coefficient (Wildman–Crippen LogP) is 5.51. The molecule has 2 aromatic carbocycles. The Morgan fingerprint density at radius 2 is 1.36 bits per heavy atom. The van der Waals surface area contributed by atoms with Gasteiger partial charge in [0.25, 0.3) is 0 Å². The van der Waals surface area contributed by atoms with Crippen LogP contribution in [0.3, 0.4) is 0 Å². The monoisotopic (exact) mass is 291 g/mol. The van der Waals surface area contributed by atoms with Crippen molar-refractivity contribution in [2.75, 3.05) is 0 Å². The van der Waals surface area contributed by atoms with Crippen molar-refractivity contribution in [2.24, 2.45) is 0 Å². The maximum Gasteiger partial charge on any atom is 0.123 e. The van der Waals surface area contributed by atoms with Crippen molar-refractivity contribution in [1.29, 1.82) is 0 Å². The lowest BCUT2D eigenvalue weighted by molar-refractivity contribution is 0.628. The fraction of sp³-hybridized carbons (Fsp3) is 0.150. The van der Waals surface area contributed by atoms with E-state index >= 15 is 0 Å². The molecule has 1 aromatic heterocycles. The van der Waals surface area contributed by atoms with E-state index in [4.69, 9.17) is 0 Å². The first-order chi connectivity index (χ1) is 10.8. The molecule has 0 aliphatic carbocycles. The Labute approximate surface area is 130 Å². The summed E-state index contributed by atoms with van der Waals surface area (Å²) in [5.74, 6) is -0.211. The highest BCUT2D eigenvalue weighted by Gasteiger charge is 2.02. The van der Waals surface area contributed by atoms with Crippen molar-refractivity contribution in [1.82, 2.24) is 4.98 Å². The third kappa shape index (κ3) is 3.22. The van der Waals surface area contributed by atoms with Crippen LogP contribution in [0.4, 0.5) is 4.39 Å². The standard InChI is InChI=1S/C20H18FN/c1-2-3-15-4-13-20(22-14-15)18-7-5-16(6-8-18)17-9-11-19(21)12-10-17/h4-14H,2-3H2,1H3. The van der Waals surface area contributed by atoms with Gasteiger partial charge >= 0.3 is 0 Å². The van der Waals surface area contributed by atoms with Gasteiger partial charge in [-0.3, -0.25) is 4.98 Å². The largest absolute Gasteiger partial charge is 0.256 e. The van der Waals surface area contributed by atoms with Gasteiger partial charge in [-0.25, -0.2) is 4.39 Å². The van der Waals surface area contributed by atoms with Gasteiger partial charge in [0.2, 0.25) is 0 Å². The zero-order chi connectivity index (χ0) is 15.4. The lowest BCUT2D eigenvalue weighted by atomic mass is 10.0. The number of halogens is 1. The van der Waals surface area contributed by atoms with Crippen molar-refractivity contribution in [3.05, 3.63) is 78.2 Å². The predicted molar refractivity (Wildman–Crippen MR) is 89.1 cm³/mol. The highest BCUT2D eigenvalue weighted by atomic mass is 19.1. The smallest absolute Gasteiger partial charge is 0.123 e. The van der Waals surface area contributed by atoms with Gasteiger partial charge in [-0.1, -0.05) is 55.8 Å². The summed E-state index contributed by atoms with van der Waals surface area (Å²) in [6.45, 7) is 2.17. The molecule has 0 spiro atoms. The van der Waals surface area contributed by atoms with Crippen molar-refractivity contribution in [2.45, 2.75) is 19.8 Å². The second kappa shape index (κ2) is 6.52. The van der Waals surface area contributed by atoms with Crippen LogP contribution in [0.1, 0.15) is 18.9 Å². The van der Waals surface area contributed by atoms with Crippen LogP contribution < -0.4 is 0 Å². The molecular formula is C20H18FN. The van der Waals surface area contributed by atoms with Crippen LogP contribution in [0.25, 0.3) is 22.4 Å². The van der Waals surface area contributed by atoms with Gasteiger partial charge in [-0.2, -0.15) is 0 Å². The van der Waals surface area contributed by atoms with E-state index in [1.807, 2.05) is 18.3 Å². The average molecular weight is 291 g/mol. The number of hydrogen-bond donors (Lipinski definition) is 0. The quantitative estimate of drug-likeness (QED) is 0.618. The van der Waals surface area contributed by atoms with Gasteiger partial charge in [0.1, 0.15) is 5.82 Å². The molecule has 22 heavy (non-hydrogen) atoms. The summed E-state index contributed by atoms with van der Waals surface area (Å²) < 4.78 is 13.0. The third-order valence-electron chi connectivity index (χ3n) is 3.72. The summed E-state index contributed by atoms with van der Waals surface area (Å²) in [4.78, 5) is 4.53. The number of aryl methyl sites for hydroxylation is 1. The molecule has 0 radical (unpaired) electrons. The SMILES string of the molecule is CCCc1ccc(-c2ccc(-c3ccc(F)cc3)cc2)nc1. The molecule has 0 atom stereocenters. The van der Waals surface area contributed by atoms with Gasteiger partial charge in [0.15, 0.2) is 0 Å². The van der Waals surface area contributed by atoms with E-state index in [1.165, 1.54) is 17.7 Å². The van der Waals surface area contributed by atoms with E-state index in [2.05, 4.69) is 36.2 Å². The Balaban J connectivity index is 1.83. The van der Waals surface area contributed by atoms with E-state index in [-0.39, 0.29) is 5.82 Å². The number of benzene rings is 2. The van der Waals surface area contributed by atoms with Crippen LogP contribution in [0.2, 0.25) is 0 Å². The molecule has 2 heteroatoms. The summed E-state index contributed by atoms with van der Waals surface area (Å²) in [6, 6.07) is 19.0. The van der Waals surface area contributed by atoms with Crippen molar-refractivity contribution in [3.8, 4) is 22.4 Å². The molecule has 110 valence electrons. The first-order valence-electron chi connectivity index (χ1n) is 7.57. The van der Waals surface area contributed by atoms with Gasteiger partial charge in [-0.15, -0.1) is 0 Å². The molecule has 0 bridgehead atoms. The van der Waals surface area contributed by atoms with Crippen LogP contribution in [-0.4, -0.2) is 4.98 Å². The van der Waals surface area contributed by atoms with E-state index in [9.17, 15) is 4.39 Å². The lowest BCUT2D eigenvalue weighted by Gasteiger charge is -2.05. The zero-order valence-corrected chi connectivity index (χ0v) is 12.6. The van der Waals surface area contributed by atoms with Gasteiger partial charge < -0.3 is 0 Å². The van der Waals surface area contributed by atoms with Crippen LogP contribution in [0.5, 0.6) is 0 Å². The Morgan fingerprint density at radius 3 is 1.91 bits per heavy atom. The highest BCUT2D eigenvalue weighted by molar-refractivity contribution is 5.68. The lowest BCUT2D eigenvalue weighted by Crippen LogP contribution is -1.88. The summed E-state index contributed by atoms with van der Waals surface area (Å²) in [6.07, 6.45) is 4.15. The number of pyridine rings is 1. The number of nitrogens with zero attached hydrogens (tertiary/aromatic N) is 1. The molecule has 0 aliphatic rings. The molecule has 0 saturated heterocycles. The zero-order valence-electron chi connectivity index (χ0n) is 12.6. The summed E-state index contributed by atoms with van der Waals surface area (Å²) in [7, 11) is 0. The summed E-state index contributed by atoms with van der Waals surface area (Å²) in [5.41, 5.74) is 5.43. The van der Waals surface area contributed by atoms with E-state index in [1.54, 1.807) is 12.1 Å². The highest BCUT2D eigenvalue weighted by Crippen LogP contribution is 2.24. The molecule has 0 amide bonds. The van der Waals surface area contributed by atoms with Crippen LogP contribution in [0.15, 0.2) is 66.9 Å². The van der Waals surface area contributed by atoms with Crippen LogP contribution >= 0.6 is 0 Å². The molecule has 0 aliphatic heterocycles. The molecule has 0 unspecified atom stereocenters. The molecule has 1 heterocycles. The van der Waals surface area contributed by atoms with Gasteiger partial charge in [0.05, 0.1) is 5.69 Å².